The van der Waals surface area contributed by atoms with E-state index in [-0.39, 0.29) is 5.91 Å². The zero-order chi connectivity index (χ0) is 14.3. The molecule has 1 aromatic carbocycles. The minimum Gasteiger partial charge on any atom is -0.497 e. The average Bonchev–Trinajstić information content (AvgIpc) is 2.46. The number of methoxy groups -OCH3 is 1. The number of amides is 1. The molecule has 0 aliphatic rings. The van der Waals surface area contributed by atoms with Crippen molar-refractivity contribution in [1.82, 2.24) is 4.90 Å². The summed E-state index contributed by atoms with van der Waals surface area (Å²) in [5, 5.41) is 0. The van der Waals surface area contributed by atoms with Gasteiger partial charge in [-0.2, -0.15) is 0 Å². The third-order valence-corrected chi connectivity index (χ3v) is 3.06. The highest BCUT2D eigenvalue weighted by atomic mass is 16.5. The Labute approximate surface area is 115 Å². The van der Waals surface area contributed by atoms with E-state index in [1.807, 2.05) is 45.0 Å². The van der Waals surface area contributed by atoms with Crippen molar-refractivity contribution in [3.05, 3.63) is 24.3 Å². The molecule has 19 heavy (non-hydrogen) atoms. The maximum Gasteiger partial charge on any atom is 0.263 e. The van der Waals surface area contributed by atoms with E-state index in [1.54, 1.807) is 12.0 Å². The summed E-state index contributed by atoms with van der Waals surface area (Å²) in [4.78, 5) is 14.0. The van der Waals surface area contributed by atoms with Crippen LogP contribution in [0.25, 0.3) is 0 Å². The third-order valence-electron chi connectivity index (χ3n) is 3.06. The van der Waals surface area contributed by atoms with Crippen LogP contribution >= 0.6 is 0 Å². The number of likely N-dealkylation sites (N-methyl/N-ethyl adjacent to an activating group) is 1. The molecule has 106 valence electrons. The standard InChI is InChI=1S/C15H23NO3/c1-5-14(15(17)16(6-2)7-3)19-13-10-8-12(18-4)9-11-13/h8-11,14H,5-7H2,1-4H3/t14-/m0/s1. The van der Waals surface area contributed by atoms with Crippen LogP contribution in [0.1, 0.15) is 27.2 Å². The van der Waals surface area contributed by atoms with Crippen molar-refractivity contribution in [3.8, 4) is 11.5 Å². The normalized spacial score (nSPS) is 11.8. The summed E-state index contributed by atoms with van der Waals surface area (Å²) in [7, 11) is 1.62. The smallest absolute Gasteiger partial charge is 0.263 e. The van der Waals surface area contributed by atoms with Gasteiger partial charge in [-0.3, -0.25) is 4.79 Å². The highest BCUT2D eigenvalue weighted by Gasteiger charge is 2.22. The fourth-order valence-electron chi connectivity index (χ4n) is 1.87. The van der Waals surface area contributed by atoms with Crippen LogP contribution in [0.15, 0.2) is 24.3 Å². The number of benzene rings is 1. The maximum absolute atomic E-state index is 12.2. The lowest BCUT2D eigenvalue weighted by molar-refractivity contribution is -0.138. The molecule has 0 aromatic heterocycles. The second kappa shape index (κ2) is 7.67. The number of ether oxygens (including phenoxy) is 2. The molecule has 0 aliphatic heterocycles. The van der Waals surface area contributed by atoms with Crippen molar-refractivity contribution in [1.29, 1.82) is 0 Å². The van der Waals surface area contributed by atoms with Crippen LogP contribution in [-0.4, -0.2) is 37.1 Å². The molecule has 0 saturated carbocycles. The van der Waals surface area contributed by atoms with Gasteiger partial charge in [-0.1, -0.05) is 6.92 Å². The summed E-state index contributed by atoms with van der Waals surface area (Å²) < 4.78 is 10.9. The molecule has 1 rings (SSSR count). The Morgan fingerprint density at radius 2 is 1.63 bits per heavy atom. The molecule has 0 N–H and O–H groups in total. The zero-order valence-corrected chi connectivity index (χ0v) is 12.2. The van der Waals surface area contributed by atoms with Crippen molar-refractivity contribution < 1.29 is 14.3 Å². The fraction of sp³-hybridized carbons (Fsp3) is 0.533. The Balaban J connectivity index is 2.72. The third kappa shape index (κ3) is 4.16. The summed E-state index contributed by atoms with van der Waals surface area (Å²) in [6.07, 6.45) is 0.231. The lowest BCUT2D eigenvalue weighted by atomic mass is 10.2. The second-order valence-electron chi connectivity index (χ2n) is 4.20. The summed E-state index contributed by atoms with van der Waals surface area (Å²) in [6.45, 7) is 7.31. The molecule has 0 bridgehead atoms. The molecular weight excluding hydrogens is 242 g/mol. The van der Waals surface area contributed by atoms with E-state index in [0.29, 0.717) is 25.3 Å². The predicted octanol–water partition coefficient (Wildman–Crippen LogP) is 2.72. The van der Waals surface area contributed by atoms with Crippen molar-refractivity contribution in [2.45, 2.75) is 33.3 Å². The summed E-state index contributed by atoms with van der Waals surface area (Å²) in [5.41, 5.74) is 0. The molecule has 0 unspecified atom stereocenters. The van der Waals surface area contributed by atoms with Crippen LogP contribution in [0, 0.1) is 0 Å². The largest absolute Gasteiger partial charge is 0.497 e. The van der Waals surface area contributed by atoms with Gasteiger partial charge in [0.15, 0.2) is 6.10 Å². The van der Waals surface area contributed by atoms with Crippen LogP contribution < -0.4 is 9.47 Å². The summed E-state index contributed by atoms with van der Waals surface area (Å²) in [6, 6.07) is 7.28. The van der Waals surface area contributed by atoms with Crippen LogP contribution in [0.5, 0.6) is 11.5 Å². The van der Waals surface area contributed by atoms with Gasteiger partial charge in [0, 0.05) is 13.1 Å². The van der Waals surface area contributed by atoms with E-state index in [2.05, 4.69) is 0 Å². The van der Waals surface area contributed by atoms with Crippen molar-refractivity contribution in [2.24, 2.45) is 0 Å². The Kier molecular flexibility index (Phi) is 6.19. The Morgan fingerprint density at radius 1 is 1.11 bits per heavy atom. The molecule has 1 atom stereocenters. The number of rotatable bonds is 7. The molecule has 4 heteroatoms. The first-order valence-corrected chi connectivity index (χ1v) is 6.75. The number of carbonyl (C=O) groups excluding carboxylic acids is 1. The lowest BCUT2D eigenvalue weighted by Gasteiger charge is -2.25. The molecule has 0 heterocycles. The van der Waals surface area contributed by atoms with E-state index in [4.69, 9.17) is 9.47 Å². The first kappa shape index (κ1) is 15.3. The molecule has 0 saturated heterocycles. The highest BCUT2D eigenvalue weighted by Crippen LogP contribution is 2.19. The van der Waals surface area contributed by atoms with E-state index < -0.39 is 6.10 Å². The number of carbonyl (C=O) groups is 1. The van der Waals surface area contributed by atoms with Gasteiger partial charge in [0.05, 0.1) is 7.11 Å². The van der Waals surface area contributed by atoms with Crippen molar-refractivity contribution in [2.75, 3.05) is 20.2 Å². The maximum atomic E-state index is 12.2. The number of nitrogens with zero attached hydrogens (tertiary/aromatic N) is 1. The topological polar surface area (TPSA) is 38.8 Å². The van der Waals surface area contributed by atoms with Crippen molar-refractivity contribution >= 4 is 5.91 Å². The van der Waals surface area contributed by atoms with Gasteiger partial charge >= 0.3 is 0 Å². The Hall–Kier alpha value is -1.71. The molecule has 4 nitrogen and oxygen atoms in total. The van der Waals surface area contributed by atoms with Gasteiger partial charge in [-0.15, -0.1) is 0 Å². The second-order valence-corrected chi connectivity index (χ2v) is 4.20. The van der Waals surface area contributed by atoms with Crippen LogP contribution in [0.4, 0.5) is 0 Å². The van der Waals surface area contributed by atoms with Gasteiger partial charge in [0.25, 0.3) is 5.91 Å². The molecule has 0 radical (unpaired) electrons. The van der Waals surface area contributed by atoms with Gasteiger partial charge in [-0.05, 0) is 44.5 Å². The molecule has 0 fully saturated rings. The number of hydrogen-bond donors (Lipinski definition) is 0. The van der Waals surface area contributed by atoms with Crippen molar-refractivity contribution in [3.63, 3.8) is 0 Å². The van der Waals surface area contributed by atoms with E-state index in [0.717, 1.165) is 5.75 Å². The first-order chi connectivity index (χ1) is 9.15. The molecule has 1 aromatic rings. The zero-order valence-electron chi connectivity index (χ0n) is 12.2. The van der Waals surface area contributed by atoms with E-state index in [9.17, 15) is 4.79 Å². The van der Waals surface area contributed by atoms with Crippen LogP contribution in [-0.2, 0) is 4.79 Å². The van der Waals surface area contributed by atoms with Crippen LogP contribution in [0.2, 0.25) is 0 Å². The highest BCUT2D eigenvalue weighted by molar-refractivity contribution is 5.81. The fourth-order valence-corrected chi connectivity index (χ4v) is 1.87. The molecular formula is C15H23NO3. The lowest BCUT2D eigenvalue weighted by Crippen LogP contribution is -2.41. The number of hydrogen-bond acceptors (Lipinski definition) is 3. The van der Waals surface area contributed by atoms with Gasteiger partial charge in [0.1, 0.15) is 11.5 Å². The summed E-state index contributed by atoms with van der Waals surface area (Å²) >= 11 is 0. The molecule has 1 amide bonds. The predicted molar refractivity (Wildman–Crippen MR) is 75.6 cm³/mol. The molecule has 0 spiro atoms. The van der Waals surface area contributed by atoms with Gasteiger partial charge < -0.3 is 14.4 Å². The van der Waals surface area contributed by atoms with Gasteiger partial charge in [0.2, 0.25) is 0 Å². The Morgan fingerprint density at radius 3 is 2.05 bits per heavy atom. The average molecular weight is 265 g/mol. The molecule has 0 aliphatic carbocycles. The summed E-state index contributed by atoms with van der Waals surface area (Å²) in [5.74, 6) is 1.51. The first-order valence-electron chi connectivity index (χ1n) is 6.75. The SMILES string of the molecule is CC[C@H](Oc1ccc(OC)cc1)C(=O)N(CC)CC. The van der Waals surface area contributed by atoms with Gasteiger partial charge in [-0.25, -0.2) is 0 Å². The Bertz CT molecular complexity index is 385. The van der Waals surface area contributed by atoms with Crippen LogP contribution in [0.3, 0.4) is 0 Å². The minimum absolute atomic E-state index is 0.0447. The minimum atomic E-state index is -0.423. The van der Waals surface area contributed by atoms with E-state index >= 15 is 0 Å². The van der Waals surface area contributed by atoms with E-state index in [1.165, 1.54) is 0 Å². The monoisotopic (exact) mass is 265 g/mol. The quantitative estimate of drug-likeness (QED) is 0.761.